The molecule has 0 atom stereocenters. The molecule has 0 saturated carbocycles. The molecule has 0 amide bonds. The van der Waals surface area contributed by atoms with Crippen LogP contribution in [0.1, 0.15) is 5.56 Å². The summed E-state index contributed by atoms with van der Waals surface area (Å²) in [6, 6.07) is 12.9. The molecule has 1 aromatic heterocycles. The standard InChI is InChI=1S/C18H15BrO4/c1-21-11-7-8-13(16(9-11)22-2)17-14(10-19)12-5-3-4-6-15(12)23-18(17)20/h3-9H,10H2,1-2H3. The first-order valence-electron chi connectivity index (χ1n) is 7.02. The Labute approximate surface area is 141 Å². The lowest BCUT2D eigenvalue weighted by atomic mass is 9.98. The van der Waals surface area contributed by atoms with Gasteiger partial charge in [0, 0.05) is 22.3 Å². The maximum atomic E-state index is 12.6. The van der Waals surface area contributed by atoms with E-state index in [9.17, 15) is 4.79 Å². The number of fused-ring (bicyclic) bond motifs is 1. The Morgan fingerprint density at radius 1 is 1.09 bits per heavy atom. The summed E-state index contributed by atoms with van der Waals surface area (Å²) in [6.07, 6.45) is 0. The van der Waals surface area contributed by atoms with Crippen molar-refractivity contribution in [1.29, 1.82) is 0 Å². The van der Waals surface area contributed by atoms with Gasteiger partial charge in [-0.3, -0.25) is 0 Å². The number of ether oxygens (including phenoxy) is 2. The molecular weight excluding hydrogens is 360 g/mol. The van der Waals surface area contributed by atoms with Crippen LogP contribution in [-0.2, 0) is 5.33 Å². The molecule has 0 spiro atoms. The monoisotopic (exact) mass is 374 g/mol. The lowest BCUT2D eigenvalue weighted by molar-refractivity contribution is 0.395. The minimum atomic E-state index is -0.387. The van der Waals surface area contributed by atoms with Gasteiger partial charge < -0.3 is 13.9 Å². The Hall–Kier alpha value is -2.27. The molecule has 0 aliphatic carbocycles. The molecule has 1 heterocycles. The normalized spacial score (nSPS) is 10.7. The third-order valence-electron chi connectivity index (χ3n) is 3.73. The fraction of sp³-hybridized carbons (Fsp3) is 0.167. The van der Waals surface area contributed by atoms with E-state index in [0.29, 0.717) is 33.5 Å². The van der Waals surface area contributed by atoms with Crippen LogP contribution in [0.25, 0.3) is 22.1 Å². The minimum absolute atomic E-state index is 0.387. The first-order chi connectivity index (χ1) is 11.2. The molecular formula is C18H15BrO4. The molecule has 118 valence electrons. The highest BCUT2D eigenvalue weighted by molar-refractivity contribution is 9.08. The second-order valence-corrected chi connectivity index (χ2v) is 5.50. The molecule has 0 unspecified atom stereocenters. The van der Waals surface area contributed by atoms with Crippen molar-refractivity contribution >= 4 is 26.9 Å². The molecule has 0 aliphatic rings. The van der Waals surface area contributed by atoms with Gasteiger partial charge in [0.25, 0.3) is 0 Å². The summed E-state index contributed by atoms with van der Waals surface area (Å²) in [6.45, 7) is 0. The van der Waals surface area contributed by atoms with Crippen molar-refractivity contribution in [2.75, 3.05) is 14.2 Å². The van der Waals surface area contributed by atoms with E-state index >= 15 is 0 Å². The van der Waals surface area contributed by atoms with E-state index in [1.807, 2.05) is 24.3 Å². The third kappa shape index (κ3) is 2.72. The molecule has 4 nitrogen and oxygen atoms in total. The van der Waals surface area contributed by atoms with Gasteiger partial charge in [-0.25, -0.2) is 4.79 Å². The van der Waals surface area contributed by atoms with Gasteiger partial charge in [-0.05, 0) is 23.8 Å². The summed E-state index contributed by atoms with van der Waals surface area (Å²) < 4.78 is 16.1. The zero-order valence-corrected chi connectivity index (χ0v) is 14.3. The highest BCUT2D eigenvalue weighted by Crippen LogP contribution is 2.36. The molecule has 0 saturated heterocycles. The number of methoxy groups -OCH3 is 2. The van der Waals surface area contributed by atoms with Crippen LogP contribution in [-0.4, -0.2) is 14.2 Å². The fourth-order valence-corrected chi connectivity index (χ4v) is 3.21. The zero-order chi connectivity index (χ0) is 16.4. The first-order valence-corrected chi connectivity index (χ1v) is 8.14. The summed E-state index contributed by atoms with van der Waals surface area (Å²) in [5, 5.41) is 1.43. The number of para-hydroxylation sites is 1. The zero-order valence-electron chi connectivity index (χ0n) is 12.8. The van der Waals surface area contributed by atoms with Crippen LogP contribution < -0.4 is 15.1 Å². The Morgan fingerprint density at radius 3 is 2.57 bits per heavy atom. The summed E-state index contributed by atoms with van der Waals surface area (Å²) in [5.41, 5.74) is 2.24. The molecule has 0 aliphatic heterocycles. The molecule has 0 N–H and O–H groups in total. The van der Waals surface area contributed by atoms with Crippen molar-refractivity contribution in [2.45, 2.75) is 5.33 Å². The fourth-order valence-electron chi connectivity index (χ4n) is 2.63. The van der Waals surface area contributed by atoms with Gasteiger partial charge in [-0.15, -0.1) is 0 Å². The van der Waals surface area contributed by atoms with Gasteiger partial charge >= 0.3 is 5.63 Å². The number of rotatable bonds is 4. The average Bonchev–Trinajstić information content (AvgIpc) is 2.60. The van der Waals surface area contributed by atoms with E-state index in [0.717, 1.165) is 10.9 Å². The van der Waals surface area contributed by atoms with Gasteiger partial charge in [-0.2, -0.15) is 0 Å². The van der Waals surface area contributed by atoms with Gasteiger partial charge in [0.15, 0.2) is 0 Å². The average molecular weight is 375 g/mol. The minimum Gasteiger partial charge on any atom is -0.497 e. The van der Waals surface area contributed by atoms with Crippen LogP contribution in [0.2, 0.25) is 0 Å². The van der Waals surface area contributed by atoms with E-state index in [4.69, 9.17) is 13.9 Å². The van der Waals surface area contributed by atoms with Crippen LogP contribution in [0.4, 0.5) is 0 Å². The predicted molar refractivity (Wildman–Crippen MR) is 93.7 cm³/mol. The van der Waals surface area contributed by atoms with E-state index in [1.54, 1.807) is 32.4 Å². The largest absolute Gasteiger partial charge is 0.497 e. The maximum absolute atomic E-state index is 12.6. The predicted octanol–water partition coefficient (Wildman–Crippen LogP) is 4.37. The van der Waals surface area contributed by atoms with Crippen molar-refractivity contribution in [2.24, 2.45) is 0 Å². The molecule has 3 aromatic rings. The third-order valence-corrected chi connectivity index (χ3v) is 4.29. The second kappa shape index (κ2) is 6.46. The van der Waals surface area contributed by atoms with Crippen molar-refractivity contribution in [3.8, 4) is 22.6 Å². The lowest BCUT2D eigenvalue weighted by Gasteiger charge is -2.13. The van der Waals surface area contributed by atoms with Crippen molar-refractivity contribution in [1.82, 2.24) is 0 Å². The SMILES string of the molecule is COc1ccc(-c2c(CBr)c3ccccc3oc2=O)c(OC)c1. The Balaban J connectivity index is 2.36. The topological polar surface area (TPSA) is 48.7 Å². The second-order valence-electron chi connectivity index (χ2n) is 4.94. The first kappa shape index (κ1) is 15.6. The number of alkyl halides is 1. The van der Waals surface area contributed by atoms with E-state index in [1.165, 1.54) is 0 Å². The van der Waals surface area contributed by atoms with Gasteiger partial charge in [-0.1, -0.05) is 34.1 Å². The maximum Gasteiger partial charge on any atom is 0.344 e. The van der Waals surface area contributed by atoms with E-state index in [-0.39, 0.29) is 5.63 Å². The van der Waals surface area contributed by atoms with Crippen LogP contribution in [0.5, 0.6) is 11.5 Å². The Bertz CT molecular complexity index is 915. The molecule has 2 aromatic carbocycles. The van der Waals surface area contributed by atoms with Crippen LogP contribution in [0, 0.1) is 0 Å². The Kier molecular flexibility index (Phi) is 4.39. The molecule has 0 fully saturated rings. The summed E-state index contributed by atoms with van der Waals surface area (Å²) in [7, 11) is 3.15. The molecule has 3 rings (SSSR count). The lowest BCUT2D eigenvalue weighted by Crippen LogP contribution is -2.08. The van der Waals surface area contributed by atoms with Crippen LogP contribution >= 0.6 is 15.9 Å². The number of hydrogen-bond donors (Lipinski definition) is 0. The molecule has 0 radical (unpaired) electrons. The van der Waals surface area contributed by atoms with Crippen LogP contribution in [0.15, 0.2) is 51.7 Å². The number of benzene rings is 2. The smallest absolute Gasteiger partial charge is 0.344 e. The van der Waals surface area contributed by atoms with E-state index in [2.05, 4.69) is 15.9 Å². The molecule has 23 heavy (non-hydrogen) atoms. The number of halogens is 1. The number of hydrogen-bond acceptors (Lipinski definition) is 4. The summed E-state index contributed by atoms with van der Waals surface area (Å²) >= 11 is 3.49. The quantitative estimate of drug-likeness (QED) is 0.502. The highest BCUT2D eigenvalue weighted by Gasteiger charge is 2.19. The van der Waals surface area contributed by atoms with Crippen molar-refractivity contribution < 1.29 is 13.9 Å². The molecule has 5 heteroatoms. The van der Waals surface area contributed by atoms with Gasteiger partial charge in [0.2, 0.25) is 0 Å². The van der Waals surface area contributed by atoms with Crippen molar-refractivity contribution in [3.05, 3.63) is 58.4 Å². The summed E-state index contributed by atoms with van der Waals surface area (Å²) in [5.74, 6) is 1.23. The van der Waals surface area contributed by atoms with Gasteiger partial charge in [0.1, 0.15) is 17.1 Å². The van der Waals surface area contributed by atoms with Crippen LogP contribution in [0.3, 0.4) is 0 Å². The Morgan fingerprint density at radius 2 is 1.87 bits per heavy atom. The summed E-state index contributed by atoms with van der Waals surface area (Å²) in [4.78, 5) is 12.6. The molecule has 0 bridgehead atoms. The van der Waals surface area contributed by atoms with Gasteiger partial charge in [0.05, 0.1) is 19.8 Å². The van der Waals surface area contributed by atoms with E-state index < -0.39 is 0 Å². The van der Waals surface area contributed by atoms with Crippen molar-refractivity contribution in [3.63, 3.8) is 0 Å². The highest BCUT2D eigenvalue weighted by atomic mass is 79.9.